The number of imide groups is 1. The van der Waals surface area contributed by atoms with Crippen LogP contribution in [-0.2, 0) is 11.3 Å². The number of benzene rings is 1. The maximum atomic E-state index is 13.0. The van der Waals surface area contributed by atoms with E-state index in [2.05, 4.69) is 32.4 Å². The van der Waals surface area contributed by atoms with Crippen molar-refractivity contribution in [3.63, 3.8) is 0 Å². The lowest BCUT2D eigenvalue weighted by Gasteiger charge is -2.26. The van der Waals surface area contributed by atoms with Crippen LogP contribution in [0.1, 0.15) is 32.0 Å². The van der Waals surface area contributed by atoms with Gasteiger partial charge in [0.2, 0.25) is 5.54 Å². The van der Waals surface area contributed by atoms with Crippen LogP contribution in [0.5, 0.6) is 5.75 Å². The summed E-state index contributed by atoms with van der Waals surface area (Å²) in [5, 5.41) is 14.5. The number of urea groups is 1. The molecule has 3 N–H and O–H groups in total. The number of carbonyl (C=O) groups is 4. The van der Waals surface area contributed by atoms with Gasteiger partial charge in [-0.3, -0.25) is 19.9 Å². The molecule has 4 heterocycles. The van der Waals surface area contributed by atoms with Crippen LogP contribution < -0.4 is 15.4 Å². The van der Waals surface area contributed by atoms with Crippen LogP contribution in [0, 0.1) is 11.8 Å². The van der Waals surface area contributed by atoms with E-state index in [4.69, 9.17) is 4.74 Å². The molecule has 2 aliphatic heterocycles. The van der Waals surface area contributed by atoms with E-state index in [-0.39, 0.29) is 35.8 Å². The van der Waals surface area contributed by atoms with Crippen LogP contribution in [0.25, 0.3) is 10.9 Å². The fourth-order valence-electron chi connectivity index (χ4n) is 4.04. The van der Waals surface area contributed by atoms with E-state index >= 15 is 0 Å². The third-order valence-corrected chi connectivity index (χ3v) is 5.79. The molecule has 0 aliphatic carbocycles. The first-order chi connectivity index (χ1) is 16.8. The monoisotopic (exact) mass is 471 g/mol. The molecule has 2 aliphatic rings. The van der Waals surface area contributed by atoms with Gasteiger partial charge in [-0.15, -0.1) is 0 Å². The fourth-order valence-corrected chi connectivity index (χ4v) is 4.04. The molecule has 1 saturated heterocycles. The van der Waals surface area contributed by atoms with Gasteiger partial charge in [0, 0.05) is 29.9 Å². The molecule has 0 bridgehead atoms. The van der Waals surface area contributed by atoms with E-state index in [1.54, 1.807) is 24.3 Å². The zero-order valence-corrected chi connectivity index (χ0v) is 18.3. The van der Waals surface area contributed by atoms with E-state index < -0.39 is 23.4 Å². The number of ether oxygens (including phenoxy) is 1. The van der Waals surface area contributed by atoms with Crippen molar-refractivity contribution in [1.82, 2.24) is 25.5 Å². The SMILES string of the molecule is COc1ccc2c(c1)C(=O)N(C[C@@]1(C#Cc3cncc4ccc(C(=O)O)nc34)NC(=O)NC1=O)C2. The van der Waals surface area contributed by atoms with Crippen molar-refractivity contribution in [2.24, 2.45) is 0 Å². The van der Waals surface area contributed by atoms with Gasteiger partial charge in [0.05, 0.1) is 24.7 Å². The first-order valence-corrected chi connectivity index (χ1v) is 10.4. The van der Waals surface area contributed by atoms with Crippen LogP contribution in [0.4, 0.5) is 4.79 Å². The summed E-state index contributed by atoms with van der Waals surface area (Å²) in [5.41, 5.74) is -0.160. The predicted molar refractivity (Wildman–Crippen MR) is 121 cm³/mol. The number of aromatic nitrogens is 2. The second kappa shape index (κ2) is 8.11. The van der Waals surface area contributed by atoms with Crippen molar-refractivity contribution in [2.45, 2.75) is 12.1 Å². The summed E-state index contributed by atoms with van der Waals surface area (Å²) in [5.74, 6) is 3.89. The first kappa shape index (κ1) is 21.8. The van der Waals surface area contributed by atoms with Crippen LogP contribution >= 0.6 is 0 Å². The zero-order chi connectivity index (χ0) is 24.7. The summed E-state index contributed by atoms with van der Waals surface area (Å²) in [6.45, 7) is 0.0174. The molecule has 1 aromatic carbocycles. The highest BCUT2D eigenvalue weighted by molar-refractivity contribution is 6.10. The average molecular weight is 471 g/mol. The summed E-state index contributed by atoms with van der Waals surface area (Å²) >= 11 is 0. The molecule has 4 amide bonds. The summed E-state index contributed by atoms with van der Waals surface area (Å²) in [6, 6.07) is 7.29. The van der Waals surface area contributed by atoms with Gasteiger partial charge in [0.25, 0.3) is 11.8 Å². The largest absolute Gasteiger partial charge is 0.497 e. The average Bonchev–Trinajstić information content (AvgIpc) is 3.31. The molecule has 0 saturated carbocycles. The number of carboxylic acid groups (broad SMARTS) is 1. The Kier molecular flexibility index (Phi) is 5.06. The van der Waals surface area contributed by atoms with Crippen LogP contribution in [-0.4, -0.2) is 63.0 Å². The molecular weight excluding hydrogens is 454 g/mol. The molecule has 0 radical (unpaired) electrons. The van der Waals surface area contributed by atoms with Gasteiger partial charge in [-0.1, -0.05) is 17.9 Å². The smallest absolute Gasteiger partial charge is 0.354 e. The van der Waals surface area contributed by atoms with E-state index in [1.807, 2.05) is 0 Å². The normalized spacial score (nSPS) is 18.5. The number of rotatable bonds is 4. The minimum absolute atomic E-state index is 0.177. The highest BCUT2D eigenvalue weighted by Crippen LogP contribution is 2.28. The van der Waals surface area contributed by atoms with E-state index in [0.717, 1.165) is 5.56 Å². The number of amides is 4. The third-order valence-electron chi connectivity index (χ3n) is 5.79. The van der Waals surface area contributed by atoms with Gasteiger partial charge in [-0.05, 0) is 29.8 Å². The maximum absolute atomic E-state index is 13.0. The van der Waals surface area contributed by atoms with Crippen LogP contribution in [0.15, 0.2) is 42.7 Å². The van der Waals surface area contributed by atoms with Crippen molar-refractivity contribution in [3.05, 3.63) is 65.1 Å². The Morgan fingerprint density at radius 2 is 2.06 bits per heavy atom. The second-order valence-electron chi connectivity index (χ2n) is 8.01. The molecule has 174 valence electrons. The topological polar surface area (TPSA) is 151 Å². The number of carboxylic acids is 1. The van der Waals surface area contributed by atoms with Crippen molar-refractivity contribution in [2.75, 3.05) is 13.7 Å². The van der Waals surface area contributed by atoms with Gasteiger partial charge in [0.15, 0.2) is 0 Å². The molecule has 35 heavy (non-hydrogen) atoms. The molecule has 3 aromatic rings. The van der Waals surface area contributed by atoms with Crippen molar-refractivity contribution < 1.29 is 29.0 Å². The molecule has 11 nitrogen and oxygen atoms in total. The number of fused-ring (bicyclic) bond motifs is 2. The molecule has 1 fully saturated rings. The number of hydrogen-bond donors (Lipinski definition) is 3. The Balaban J connectivity index is 1.53. The first-order valence-electron chi connectivity index (χ1n) is 10.4. The maximum Gasteiger partial charge on any atom is 0.354 e. The lowest BCUT2D eigenvalue weighted by Crippen LogP contribution is -2.54. The number of nitrogens with zero attached hydrogens (tertiary/aromatic N) is 3. The summed E-state index contributed by atoms with van der Waals surface area (Å²) in [4.78, 5) is 58.9. The Labute approximate surface area is 198 Å². The number of nitrogens with one attached hydrogen (secondary N) is 2. The minimum atomic E-state index is -1.73. The van der Waals surface area contributed by atoms with Crippen molar-refractivity contribution in [3.8, 4) is 17.6 Å². The van der Waals surface area contributed by atoms with E-state index in [9.17, 15) is 24.3 Å². The van der Waals surface area contributed by atoms with Crippen LogP contribution in [0.2, 0.25) is 0 Å². The highest BCUT2D eigenvalue weighted by Gasteiger charge is 2.48. The number of aromatic carboxylic acids is 1. The third kappa shape index (κ3) is 3.76. The molecule has 0 spiro atoms. The van der Waals surface area contributed by atoms with Gasteiger partial charge in [-0.2, -0.15) is 0 Å². The number of methoxy groups -OCH3 is 1. The van der Waals surface area contributed by atoms with Gasteiger partial charge >= 0.3 is 12.0 Å². The lowest BCUT2D eigenvalue weighted by atomic mass is 9.99. The van der Waals surface area contributed by atoms with Crippen molar-refractivity contribution >= 4 is 34.7 Å². The number of pyridine rings is 2. The van der Waals surface area contributed by atoms with Gasteiger partial charge in [0.1, 0.15) is 11.4 Å². The predicted octanol–water partition coefficient (Wildman–Crippen LogP) is 0.922. The summed E-state index contributed by atoms with van der Waals surface area (Å²) < 4.78 is 5.19. The molecule has 5 rings (SSSR count). The molecule has 0 unspecified atom stereocenters. The standard InChI is InChI=1S/C24H17N5O6/c1-35-16-4-2-15-11-29(20(30)17(15)8-16)12-24(22(33)27-23(34)28-24)7-6-14-10-25-9-13-3-5-18(21(31)32)26-19(13)14/h2-5,8-10H,11-12H2,1H3,(H,31,32)(H2,27,28,33,34)/t24-/m1/s1. The summed E-state index contributed by atoms with van der Waals surface area (Å²) in [7, 11) is 1.50. The minimum Gasteiger partial charge on any atom is -0.497 e. The zero-order valence-electron chi connectivity index (χ0n) is 18.3. The molecular formula is C24H17N5O6. The van der Waals surface area contributed by atoms with Gasteiger partial charge in [-0.25, -0.2) is 14.6 Å². The van der Waals surface area contributed by atoms with Gasteiger partial charge < -0.3 is 20.1 Å². The molecule has 2 aromatic heterocycles. The summed E-state index contributed by atoms with van der Waals surface area (Å²) in [6.07, 6.45) is 2.90. The lowest BCUT2D eigenvalue weighted by molar-refractivity contribution is -0.122. The highest BCUT2D eigenvalue weighted by atomic mass is 16.5. The van der Waals surface area contributed by atoms with Crippen molar-refractivity contribution in [1.29, 1.82) is 0 Å². The van der Waals surface area contributed by atoms with E-state index in [1.165, 1.54) is 30.5 Å². The Hall–Kier alpha value is -4.98. The second-order valence-corrected chi connectivity index (χ2v) is 8.01. The fraction of sp³-hybridized carbons (Fsp3) is 0.167. The Morgan fingerprint density at radius 1 is 1.23 bits per heavy atom. The Morgan fingerprint density at radius 3 is 2.77 bits per heavy atom. The molecule has 1 atom stereocenters. The number of carbonyl (C=O) groups excluding carboxylic acids is 3. The number of hydrogen-bond acceptors (Lipinski definition) is 7. The Bertz CT molecular complexity index is 1510. The van der Waals surface area contributed by atoms with Crippen LogP contribution in [0.3, 0.4) is 0 Å². The molecule has 11 heteroatoms. The van der Waals surface area contributed by atoms with E-state index in [0.29, 0.717) is 16.7 Å². The quantitative estimate of drug-likeness (QED) is 0.375.